The lowest BCUT2D eigenvalue weighted by Gasteiger charge is -2.12. The largest absolute Gasteiger partial charge is 0.490 e. The molecule has 2 aromatic rings. The molecule has 0 saturated heterocycles. The second kappa shape index (κ2) is 9.13. The van der Waals surface area contributed by atoms with Gasteiger partial charge in [-0.05, 0) is 50.1 Å². The molecular weight excluding hydrogens is 328 g/mol. The van der Waals surface area contributed by atoms with E-state index in [0.717, 1.165) is 17.1 Å². The Bertz CT molecular complexity index is 692. The summed E-state index contributed by atoms with van der Waals surface area (Å²) in [5.74, 6) is 1.21. The molecule has 5 nitrogen and oxygen atoms in total. The predicted molar refractivity (Wildman–Crippen MR) is 94.1 cm³/mol. The Morgan fingerprint density at radius 2 is 1.88 bits per heavy atom. The molecule has 0 spiro atoms. The van der Waals surface area contributed by atoms with Gasteiger partial charge in [0.15, 0.2) is 11.5 Å². The van der Waals surface area contributed by atoms with E-state index in [1.54, 1.807) is 12.1 Å². The minimum Gasteiger partial charge on any atom is -0.490 e. The average molecular weight is 349 g/mol. The van der Waals surface area contributed by atoms with Crippen LogP contribution in [0.1, 0.15) is 29.9 Å². The first kappa shape index (κ1) is 18.1. The third-order valence-electron chi connectivity index (χ3n) is 3.26. The van der Waals surface area contributed by atoms with Crippen LogP contribution in [0.3, 0.4) is 0 Å². The van der Waals surface area contributed by atoms with Crippen molar-refractivity contribution in [1.82, 2.24) is 10.3 Å². The molecule has 0 unspecified atom stereocenters. The molecule has 1 N–H and O–H groups in total. The lowest BCUT2D eigenvalue weighted by molar-refractivity contribution is 0.0949. The Morgan fingerprint density at radius 3 is 2.58 bits per heavy atom. The second-order valence-electron chi connectivity index (χ2n) is 5.01. The SMILES string of the molecule is CCOc1ccc(CCNC(=O)c2cc(Cl)ccn2)cc1OCC. The van der Waals surface area contributed by atoms with Gasteiger partial charge in [-0.25, -0.2) is 0 Å². The average Bonchev–Trinajstić information content (AvgIpc) is 2.57. The van der Waals surface area contributed by atoms with Crippen LogP contribution in [0.25, 0.3) is 0 Å². The van der Waals surface area contributed by atoms with E-state index in [-0.39, 0.29) is 5.91 Å². The van der Waals surface area contributed by atoms with Gasteiger partial charge < -0.3 is 14.8 Å². The van der Waals surface area contributed by atoms with Crippen LogP contribution in [0.4, 0.5) is 0 Å². The van der Waals surface area contributed by atoms with Crippen molar-refractivity contribution in [2.24, 2.45) is 0 Å². The van der Waals surface area contributed by atoms with Crippen LogP contribution in [0.15, 0.2) is 36.5 Å². The fraction of sp³-hybridized carbons (Fsp3) is 0.333. The molecule has 128 valence electrons. The van der Waals surface area contributed by atoms with Crippen molar-refractivity contribution in [3.63, 3.8) is 0 Å². The summed E-state index contributed by atoms with van der Waals surface area (Å²) < 4.78 is 11.1. The normalized spacial score (nSPS) is 10.3. The van der Waals surface area contributed by atoms with Crippen molar-refractivity contribution in [1.29, 1.82) is 0 Å². The van der Waals surface area contributed by atoms with Crippen LogP contribution < -0.4 is 14.8 Å². The van der Waals surface area contributed by atoms with E-state index in [4.69, 9.17) is 21.1 Å². The van der Waals surface area contributed by atoms with E-state index >= 15 is 0 Å². The molecule has 1 aromatic carbocycles. The first-order chi connectivity index (χ1) is 11.6. The summed E-state index contributed by atoms with van der Waals surface area (Å²) in [5, 5.41) is 3.32. The monoisotopic (exact) mass is 348 g/mol. The Hall–Kier alpha value is -2.27. The van der Waals surface area contributed by atoms with Gasteiger partial charge in [0, 0.05) is 17.8 Å². The van der Waals surface area contributed by atoms with Crippen molar-refractivity contribution in [3.05, 3.63) is 52.8 Å². The number of amides is 1. The van der Waals surface area contributed by atoms with Crippen LogP contribution in [-0.4, -0.2) is 30.6 Å². The molecule has 0 aliphatic heterocycles. The quantitative estimate of drug-likeness (QED) is 0.793. The number of nitrogens with zero attached hydrogens (tertiary/aromatic N) is 1. The number of nitrogens with one attached hydrogen (secondary N) is 1. The number of halogens is 1. The van der Waals surface area contributed by atoms with E-state index in [9.17, 15) is 4.79 Å². The second-order valence-corrected chi connectivity index (χ2v) is 5.45. The number of aromatic nitrogens is 1. The van der Waals surface area contributed by atoms with E-state index < -0.39 is 0 Å². The standard InChI is InChI=1S/C18H21ClN2O3/c1-3-23-16-6-5-13(11-17(16)24-4-2)7-9-21-18(22)15-12-14(19)8-10-20-15/h5-6,8,10-12H,3-4,7,9H2,1-2H3,(H,21,22). The molecule has 0 fully saturated rings. The van der Waals surface area contributed by atoms with Crippen molar-refractivity contribution >= 4 is 17.5 Å². The molecular formula is C18H21ClN2O3. The first-order valence-electron chi connectivity index (χ1n) is 7.92. The van der Waals surface area contributed by atoms with E-state index in [2.05, 4.69) is 10.3 Å². The smallest absolute Gasteiger partial charge is 0.269 e. The summed E-state index contributed by atoms with van der Waals surface area (Å²) in [6.07, 6.45) is 2.19. The maximum atomic E-state index is 12.0. The number of hydrogen-bond donors (Lipinski definition) is 1. The summed E-state index contributed by atoms with van der Waals surface area (Å²) in [6.45, 7) is 5.51. The third-order valence-corrected chi connectivity index (χ3v) is 3.50. The molecule has 0 radical (unpaired) electrons. The van der Waals surface area contributed by atoms with E-state index in [0.29, 0.717) is 36.9 Å². The summed E-state index contributed by atoms with van der Waals surface area (Å²) in [5.41, 5.74) is 1.37. The molecule has 0 bridgehead atoms. The summed E-state index contributed by atoms with van der Waals surface area (Å²) in [4.78, 5) is 16.0. The Morgan fingerprint density at radius 1 is 1.12 bits per heavy atom. The molecule has 0 aliphatic rings. The van der Waals surface area contributed by atoms with Crippen LogP contribution in [0, 0.1) is 0 Å². The number of pyridine rings is 1. The summed E-state index contributed by atoms with van der Waals surface area (Å²) in [6, 6.07) is 8.98. The van der Waals surface area contributed by atoms with Gasteiger partial charge in [0.05, 0.1) is 13.2 Å². The topological polar surface area (TPSA) is 60.5 Å². The van der Waals surface area contributed by atoms with Gasteiger partial charge in [0.25, 0.3) is 5.91 Å². The highest BCUT2D eigenvalue weighted by atomic mass is 35.5. The highest BCUT2D eigenvalue weighted by molar-refractivity contribution is 6.30. The Labute approximate surface area is 147 Å². The van der Waals surface area contributed by atoms with Crippen molar-refractivity contribution in [3.8, 4) is 11.5 Å². The van der Waals surface area contributed by atoms with E-state index in [1.165, 1.54) is 6.20 Å². The van der Waals surface area contributed by atoms with Crippen LogP contribution in [0.2, 0.25) is 5.02 Å². The summed E-state index contributed by atoms with van der Waals surface area (Å²) in [7, 11) is 0. The number of rotatable bonds is 8. The zero-order chi connectivity index (χ0) is 17.4. The molecule has 24 heavy (non-hydrogen) atoms. The molecule has 1 heterocycles. The maximum absolute atomic E-state index is 12.0. The van der Waals surface area contributed by atoms with Gasteiger partial charge in [-0.3, -0.25) is 9.78 Å². The lowest BCUT2D eigenvalue weighted by Crippen LogP contribution is -2.26. The van der Waals surface area contributed by atoms with Crippen LogP contribution in [-0.2, 0) is 6.42 Å². The molecule has 1 amide bonds. The molecule has 0 aliphatic carbocycles. The van der Waals surface area contributed by atoms with Crippen LogP contribution >= 0.6 is 11.6 Å². The zero-order valence-corrected chi connectivity index (χ0v) is 14.6. The van der Waals surface area contributed by atoms with Crippen molar-refractivity contribution < 1.29 is 14.3 Å². The summed E-state index contributed by atoms with van der Waals surface area (Å²) >= 11 is 5.86. The number of hydrogen-bond acceptors (Lipinski definition) is 4. The number of benzene rings is 1. The van der Waals surface area contributed by atoms with Gasteiger partial charge in [-0.1, -0.05) is 17.7 Å². The minimum absolute atomic E-state index is 0.242. The molecule has 2 rings (SSSR count). The predicted octanol–water partition coefficient (Wildman–Crippen LogP) is 3.50. The van der Waals surface area contributed by atoms with Crippen molar-refractivity contribution in [2.45, 2.75) is 20.3 Å². The van der Waals surface area contributed by atoms with Gasteiger partial charge >= 0.3 is 0 Å². The fourth-order valence-electron chi connectivity index (χ4n) is 2.19. The molecule has 1 aromatic heterocycles. The van der Waals surface area contributed by atoms with Gasteiger partial charge in [-0.15, -0.1) is 0 Å². The highest BCUT2D eigenvalue weighted by Gasteiger charge is 2.09. The van der Waals surface area contributed by atoms with Gasteiger partial charge in [0.1, 0.15) is 5.69 Å². The van der Waals surface area contributed by atoms with E-state index in [1.807, 2.05) is 32.0 Å². The van der Waals surface area contributed by atoms with Gasteiger partial charge in [-0.2, -0.15) is 0 Å². The maximum Gasteiger partial charge on any atom is 0.269 e. The number of carbonyl (C=O) groups is 1. The van der Waals surface area contributed by atoms with Crippen LogP contribution in [0.5, 0.6) is 11.5 Å². The molecule has 6 heteroatoms. The molecule has 0 saturated carbocycles. The Balaban J connectivity index is 1.94. The number of ether oxygens (including phenoxy) is 2. The number of carbonyl (C=O) groups excluding carboxylic acids is 1. The van der Waals surface area contributed by atoms with Gasteiger partial charge in [0.2, 0.25) is 0 Å². The first-order valence-corrected chi connectivity index (χ1v) is 8.30. The minimum atomic E-state index is -0.242. The molecule has 0 atom stereocenters. The lowest BCUT2D eigenvalue weighted by atomic mass is 10.1. The Kier molecular flexibility index (Phi) is 6.88. The fourth-order valence-corrected chi connectivity index (χ4v) is 2.35. The third kappa shape index (κ3) is 5.13. The van der Waals surface area contributed by atoms with Crippen molar-refractivity contribution in [2.75, 3.05) is 19.8 Å². The zero-order valence-electron chi connectivity index (χ0n) is 13.8. The highest BCUT2D eigenvalue weighted by Crippen LogP contribution is 2.28.